The Morgan fingerprint density at radius 3 is 2.54 bits per heavy atom. The zero-order valence-corrected chi connectivity index (χ0v) is 24.5. The fraction of sp³-hybridized carbons (Fsp3) is 0.240. The number of halogens is 3. The summed E-state index contributed by atoms with van der Waals surface area (Å²) in [6.45, 7) is 6.79. The van der Waals surface area contributed by atoms with Crippen molar-refractivity contribution in [3.05, 3.63) is 91.5 Å². The summed E-state index contributed by atoms with van der Waals surface area (Å²) in [5, 5.41) is 10.6. The monoisotopic (exact) mass is 685 g/mol. The molecular formula is C25H22BrClIN3O3S. The summed E-state index contributed by atoms with van der Waals surface area (Å²) in [6, 6.07) is 10.2. The smallest absolute Gasteiger partial charge is 0.271 e. The molecule has 0 spiro atoms. The maximum atomic E-state index is 13.7. The molecule has 0 bridgehead atoms. The average molecular weight is 687 g/mol. The molecule has 4 rings (SSSR count). The summed E-state index contributed by atoms with van der Waals surface area (Å²) >= 11 is 12.8. The molecule has 1 N–H and O–H groups in total. The van der Waals surface area contributed by atoms with Gasteiger partial charge in [0.15, 0.2) is 4.80 Å². The highest BCUT2D eigenvalue weighted by Crippen LogP contribution is 2.32. The second-order valence-electron chi connectivity index (χ2n) is 7.94. The summed E-state index contributed by atoms with van der Waals surface area (Å²) < 4.78 is 3.30. The highest BCUT2D eigenvalue weighted by Gasteiger charge is 2.34. The number of carbonyl (C=O) groups excluding carboxylic acids is 1. The van der Waals surface area contributed by atoms with Crippen molar-refractivity contribution in [3.8, 4) is 5.75 Å². The topological polar surface area (TPSA) is 74.9 Å². The van der Waals surface area contributed by atoms with Crippen molar-refractivity contribution >= 4 is 73.4 Å². The molecule has 35 heavy (non-hydrogen) atoms. The van der Waals surface area contributed by atoms with Gasteiger partial charge in [0.25, 0.3) is 11.5 Å². The van der Waals surface area contributed by atoms with Crippen LogP contribution in [0.4, 0.5) is 0 Å². The van der Waals surface area contributed by atoms with Crippen LogP contribution in [0, 0.1) is 3.57 Å². The van der Waals surface area contributed by atoms with Gasteiger partial charge in [-0.05, 0) is 101 Å². The van der Waals surface area contributed by atoms with Gasteiger partial charge in [-0.2, -0.15) is 0 Å². The normalized spacial score (nSPS) is 15.7. The van der Waals surface area contributed by atoms with Crippen LogP contribution in [0.2, 0.25) is 5.02 Å². The number of thiazole rings is 1. The molecular weight excluding hydrogens is 665 g/mol. The predicted octanol–water partition coefficient (Wildman–Crippen LogP) is 4.83. The van der Waals surface area contributed by atoms with Gasteiger partial charge in [-0.15, -0.1) is 0 Å². The lowest BCUT2D eigenvalue weighted by atomic mass is 9.94. The van der Waals surface area contributed by atoms with Crippen LogP contribution in [0.5, 0.6) is 5.75 Å². The van der Waals surface area contributed by atoms with E-state index in [2.05, 4.69) is 20.9 Å². The van der Waals surface area contributed by atoms with E-state index in [-0.39, 0.29) is 17.2 Å². The first-order valence-electron chi connectivity index (χ1n) is 10.9. The predicted molar refractivity (Wildman–Crippen MR) is 152 cm³/mol. The van der Waals surface area contributed by atoms with Crippen LogP contribution >= 0.6 is 61.5 Å². The minimum Gasteiger partial charge on any atom is -0.506 e. The van der Waals surface area contributed by atoms with Gasteiger partial charge in [0.2, 0.25) is 0 Å². The van der Waals surface area contributed by atoms with Crippen molar-refractivity contribution in [2.45, 2.75) is 26.8 Å². The number of rotatable bonds is 5. The largest absolute Gasteiger partial charge is 0.506 e. The second kappa shape index (κ2) is 10.6. The van der Waals surface area contributed by atoms with Crippen molar-refractivity contribution in [1.29, 1.82) is 0 Å². The van der Waals surface area contributed by atoms with Gasteiger partial charge >= 0.3 is 0 Å². The molecule has 1 aliphatic rings. The molecule has 1 amide bonds. The molecule has 6 nitrogen and oxygen atoms in total. The molecule has 0 radical (unpaired) electrons. The van der Waals surface area contributed by atoms with Gasteiger partial charge in [0, 0.05) is 18.1 Å². The Morgan fingerprint density at radius 2 is 1.94 bits per heavy atom. The molecule has 3 aromatic rings. The number of fused-ring (bicyclic) bond motifs is 1. The van der Waals surface area contributed by atoms with E-state index >= 15 is 0 Å². The van der Waals surface area contributed by atoms with Crippen LogP contribution in [0.3, 0.4) is 0 Å². The Bertz CT molecular complexity index is 1500. The zero-order chi connectivity index (χ0) is 25.4. The van der Waals surface area contributed by atoms with Crippen LogP contribution in [0.1, 0.15) is 37.9 Å². The summed E-state index contributed by atoms with van der Waals surface area (Å²) in [7, 11) is 0. The molecule has 2 aromatic carbocycles. The van der Waals surface area contributed by atoms with Crippen LogP contribution in [-0.4, -0.2) is 33.6 Å². The van der Waals surface area contributed by atoms with Gasteiger partial charge in [0.05, 0.1) is 29.9 Å². The van der Waals surface area contributed by atoms with Crippen LogP contribution < -0.4 is 14.9 Å². The number of phenols is 1. The third kappa shape index (κ3) is 5.00. The lowest BCUT2D eigenvalue weighted by Gasteiger charge is -2.29. The maximum Gasteiger partial charge on any atom is 0.271 e. The zero-order valence-electron chi connectivity index (χ0n) is 19.2. The summed E-state index contributed by atoms with van der Waals surface area (Å²) in [4.78, 5) is 34.3. The molecule has 182 valence electrons. The Hall–Kier alpha value is -1.95. The second-order valence-corrected chi connectivity index (χ2v) is 11.4. The van der Waals surface area contributed by atoms with Gasteiger partial charge in [-0.3, -0.25) is 14.2 Å². The standard InChI is InChI=1S/C25H22BrClIN3O3S/c1-4-30(5-2)24(34)20-13(3)29-25-31(21(20)15-6-8-16(27)9-7-15)23(33)19(35-25)12-14-10-17(26)22(32)18(28)11-14/h6-12,21,32H,4-5H2,1-3H3/b19-12+/t21-/m1/s1. The summed E-state index contributed by atoms with van der Waals surface area (Å²) in [5.74, 6) is 0.0182. The summed E-state index contributed by atoms with van der Waals surface area (Å²) in [6.07, 6.45) is 1.78. The third-order valence-corrected chi connectivity index (χ3v) is 8.49. The summed E-state index contributed by atoms with van der Waals surface area (Å²) in [5.41, 5.74) is 2.40. The van der Waals surface area contributed by atoms with E-state index in [1.807, 2.05) is 55.5 Å². The highest BCUT2D eigenvalue weighted by atomic mass is 127. The number of likely N-dealkylation sites (N-methyl/N-ethyl adjacent to an activating group) is 1. The fourth-order valence-corrected chi connectivity index (χ4v) is 6.73. The number of aromatic nitrogens is 1. The van der Waals surface area contributed by atoms with Crippen molar-refractivity contribution in [1.82, 2.24) is 9.47 Å². The van der Waals surface area contributed by atoms with Gasteiger partial charge in [-0.25, -0.2) is 4.99 Å². The quantitative estimate of drug-likeness (QED) is 0.391. The lowest BCUT2D eigenvalue weighted by molar-refractivity contribution is -0.127. The molecule has 1 aliphatic heterocycles. The molecule has 0 aliphatic carbocycles. The Kier molecular flexibility index (Phi) is 7.89. The average Bonchev–Trinajstić information content (AvgIpc) is 3.12. The number of hydrogen-bond acceptors (Lipinski definition) is 5. The third-order valence-electron chi connectivity index (χ3n) is 5.83. The Labute approximate surface area is 233 Å². The number of amides is 1. The van der Waals surface area contributed by atoms with Crippen LogP contribution in [0.25, 0.3) is 6.08 Å². The number of hydrogen-bond donors (Lipinski definition) is 1. The Morgan fingerprint density at radius 1 is 1.29 bits per heavy atom. The SMILES string of the molecule is CCN(CC)C(=O)C1=C(C)N=c2s/c(=C/c3cc(Br)c(O)c(I)c3)c(=O)n2[C@@H]1c1ccc(Cl)cc1. The molecule has 0 unspecified atom stereocenters. The van der Waals surface area contributed by atoms with E-state index in [1.165, 1.54) is 11.3 Å². The number of nitrogens with zero attached hydrogens (tertiary/aromatic N) is 3. The van der Waals surface area contributed by atoms with Crippen LogP contribution in [0.15, 0.2) is 61.9 Å². The highest BCUT2D eigenvalue weighted by molar-refractivity contribution is 14.1. The van der Waals surface area contributed by atoms with E-state index in [9.17, 15) is 14.7 Å². The molecule has 0 fully saturated rings. The lowest BCUT2D eigenvalue weighted by Crippen LogP contribution is -2.43. The van der Waals surface area contributed by atoms with E-state index in [1.54, 1.807) is 39.8 Å². The minimum absolute atomic E-state index is 0.137. The molecule has 2 heterocycles. The molecule has 1 atom stereocenters. The van der Waals surface area contributed by atoms with Crippen molar-refractivity contribution < 1.29 is 9.90 Å². The van der Waals surface area contributed by atoms with E-state index in [0.717, 1.165) is 11.1 Å². The first kappa shape index (κ1) is 26.1. The van der Waals surface area contributed by atoms with Gasteiger partial charge in [-0.1, -0.05) is 35.1 Å². The van der Waals surface area contributed by atoms with Gasteiger partial charge < -0.3 is 10.0 Å². The van der Waals surface area contributed by atoms with E-state index < -0.39 is 6.04 Å². The fourth-order valence-electron chi connectivity index (χ4n) is 4.06. The maximum absolute atomic E-state index is 13.7. The van der Waals surface area contributed by atoms with Crippen molar-refractivity contribution in [3.63, 3.8) is 0 Å². The van der Waals surface area contributed by atoms with E-state index in [0.29, 0.717) is 46.8 Å². The first-order valence-corrected chi connectivity index (χ1v) is 14.0. The molecule has 0 saturated heterocycles. The first-order chi connectivity index (χ1) is 16.7. The van der Waals surface area contributed by atoms with Gasteiger partial charge in [0.1, 0.15) is 5.75 Å². The molecule has 10 heteroatoms. The number of allylic oxidation sites excluding steroid dienone is 1. The number of carbonyl (C=O) groups is 1. The number of phenolic OH excluding ortho intramolecular Hbond substituents is 1. The Balaban J connectivity index is 1.96. The van der Waals surface area contributed by atoms with E-state index in [4.69, 9.17) is 11.6 Å². The van der Waals surface area contributed by atoms with Crippen molar-refractivity contribution in [2.24, 2.45) is 4.99 Å². The minimum atomic E-state index is -0.620. The number of aromatic hydroxyl groups is 1. The molecule has 0 saturated carbocycles. The van der Waals surface area contributed by atoms with Crippen molar-refractivity contribution in [2.75, 3.05) is 13.1 Å². The number of benzene rings is 2. The molecule has 1 aromatic heterocycles. The van der Waals surface area contributed by atoms with Crippen LogP contribution in [-0.2, 0) is 4.79 Å².